The van der Waals surface area contributed by atoms with Crippen LogP contribution in [0, 0.1) is 0 Å². The Morgan fingerprint density at radius 3 is 1.53 bits per heavy atom. The standard InChI is InChI=1S/C56H41N/c1-55-31-32-56(55,2)57(40-21-10-5-11-22-40)52-30-25-39(33-51(52)55)49-34-47(37-15-6-3-7-16-37)43-28-29-46-50(42-24-14-20-36-19-12-13-23-41(36)42)35-48(38-17-8-4-9-18-38)44-26-27-45(49)53(43)54(44)46/h3-30,33-35H,31-32H2,1-2H3. The maximum Gasteiger partial charge on any atom is 0.0518 e. The molecule has 2 unspecified atom stereocenters. The van der Waals surface area contributed by atoms with Crippen molar-refractivity contribution in [2.24, 2.45) is 0 Å². The van der Waals surface area contributed by atoms with Crippen molar-refractivity contribution in [2.75, 3.05) is 4.90 Å². The molecule has 1 aliphatic carbocycles. The van der Waals surface area contributed by atoms with Crippen LogP contribution in [0.2, 0.25) is 0 Å². The summed E-state index contributed by atoms with van der Waals surface area (Å²) >= 11 is 0. The van der Waals surface area contributed by atoms with Gasteiger partial charge in [0.1, 0.15) is 0 Å². The van der Waals surface area contributed by atoms with Gasteiger partial charge in [0.15, 0.2) is 0 Å². The van der Waals surface area contributed by atoms with Crippen LogP contribution in [0.1, 0.15) is 32.3 Å². The number of benzene rings is 10. The Morgan fingerprint density at radius 2 is 0.912 bits per heavy atom. The van der Waals surface area contributed by atoms with Gasteiger partial charge in [0, 0.05) is 16.8 Å². The zero-order valence-electron chi connectivity index (χ0n) is 32.3. The highest BCUT2D eigenvalue weighted by molar-refractivity contribution is 6.32. The smallest absolute Gasteiger partial charge is 0.0518 e. The van der Waals surface area contributed by atoms with E-state index in [0.717, 1.165) is 0 Å². The minimum Gasteiger partial charge on any atom is -0.334 e. The Kier molecular flexibility index (Phi) is 6.79. The molecular formula is C56H41N. The summed E-state index contributed by atoms with van der Waals surface area (Å²) in [6.07, 6.45) is 2.37. The highest BCUT2D eigenvalue weighted by atomic mass is 15.3. The van der Waals surface area contributed by atoms with Crippen LogP contribution >= 0.6 is 0 Å². The van der Waals surface area contributed by atoms with Crippen LogP contribution in [-0.4, -0.2) is 5.54 Å². The lowest BCUT2D eigenvalue weighted by atomic mass is 9.55. The number of rotatable bonds is 5. The van der Waals surface area contributed by atoms with Crippen LogP contribution in [0.15, 0.2) is 188 Å². The summed E-state index contributed by atoms with van der Waals surface area (Å²) in [5.74, 6) is 0. The predicted molar refractivity (Wildman–Crippen MR) is 243 cm³/mol. The third-order valence-corrected chi connectivity index (χ3v) is 14.1. The first-order chi connectivity index (χ1) is 28.0. The number of nitrogens with zero attached hydrogens (tertiary/aromatic N) is 1. The van der Waals surface area contributed by atoms with E-state index in [2.05, 4.69) is 207 Å². The molecule has 12 rings (SSSR count). The van der Waals surface area contributed by atoms with E-state index in [4.69, 9.17) is 0 Å². The van der Waals surface area contributed by atoms with Crippen LogP contribution in [0.5, 0.6) is 0 Å². The molecule has 0 amide bonds. The lowest BCUT2D eigenvalue weighted by Crippen LogP contribution is -2.60. The topological polar surface area (TPSA) is 3.24 Å². The number of anilines is 2. The Labute approximate surface area is 333 Å². The number of para-hydroxylation sites is 1. The zero-order valence-corrected chi connectivity index (χ0v) is 32.3. The van der Waals surface area contributed by atoms with Crippen molar-refractivity contribution in [3.8, 4) is 44.5 Å². The van der Waals surface area contributed by atoms with Gasteiger partial charge in [-0.25, -0.2) is 0 Å². The lowest BCUT2D eigenvalue weighted by molar-refractivity contribution is 0.133. The van der Waals surface area contributed by atoms with E-state index in [9.17, 15) is 0 Å². The Bertz CT molecular complexity index is 3200. The molecule has 57 heavy (non-hydrogen) atoms. The van der Waals surface area contributed by atoms with Gasteiger partial charge < -0.3 is 4.90 Å². The molecule has 2 aliphatic rings. The van der Waals surface area contributed by atoms with Gasteiger partial charge in [0.05, 0.1) is 5.54 Å². The van der Waals surface area contributed by atoms with Crippen LogP contribution in [0.3, 0.4) is 0 Å². The van der Waals surface area contributed by atoms with Crippen molar-refractivity contribution in [3.63, 3.8) is 0 Å². The molecule has 10 aromatic rings. The molecule has 1 heterocycles. The quantitative estimate of drug-likeness (QED) is 0.160. The summed E-state index contributed by atoms with van der Waals surface area (Å²) in [7, 11) is 0. The molecule has 0 bridgehead atoms. The minimum absolute atomic E-state index is 0.0407. The third kappa shape index (κ3) is 4.46. The fraction of sp³-hybridized carbons (Fsp3) is 0.107. The molecule has 1 aliphatic heterocycles. The summed E-state index contributed by atoms with van der Waals surface area (Å²) in [5, 5.41) is 10.4. The fourth-order valence-electron chi connectivity index (χ4n) is 10.9. The predicted octanol–water partition coefficient (Wildman–Crippen LogP) is 15.4. The Balaban J connectivity index is 1.19. The highest BCUT2D eigenvalue weighted by Gasteiger charge is 2.63. The maximum absolute atomic E-state index is 2.63. The molecule has 0 radical (unpaired) electrons. The van der Waals surface area contributed by atoms with Crippen molar-refractivity contribution in [2.45, 2.75) is 37.6 Å². The number of hydrogen-bond donors (Lipinski definition) is 0. The van der Waals surface area contributed by atoms with E-state index in [-0.39, 0.29) is 11.0 Å². The molecule has 1 fully saturated rings. The van der Waals surface area contributed by atoms with Gasteiger partial charge in [-0.3, -0.25) is 0 Å². The lowest BCUT2D eigenvalue weighted by Gasteiger charge is -2.56. The largest absolute Gasteiger partial charge is 0.334 e. The van der Waals surface area contributed by atoms with E-state index in [1.54, 1.807) is 0 Å². The van der Waals surface area contributed by atoms with Crippen LogP contribution in [0.4, 0.5) is 11.4 Å². The summed E-state index contributed by atoms with van der Waals surface area (Å²) in [5.41, 5.74) is 14.3. The molecule has 2 atom stereocenters. The molecule has 0 saturated heterocycles. The van der Waals surface area contributed by atoms with Gasteiger partial charge in [0.25, 0.3) is 0 Å². The third-order valence-electron chi connectivity index (χ3n) is 14.1. The first kappa shape index (κ1) is 32.5. The van der Waals surface area contributed by atoms with E-state index in [1.165, 1.54) is 117 Å². The van der Waals surface area contributed by atoms with Gasteiger partial charge in [-0.1, -0.05) is 159 Å². The zero-order chi connectivity index (χ0) is 37.9. The summed E-state index contributed by atoms with van der Waals surface area (Å²) in [6, 6.07) is 70.5. The van der Waals surface area contributed by atoms with Gasteiger partial charge in [-0.05, 0) is 149 Å². The average Bonchev–Trinajstić information content (AvgIpc) is 3.40. The van der Waals surface area contributed by atoms with Gasteiger partial charge in [-0.2, -0.15) is 0 Å². The van der Waals surface area contributed by atoms with E-state index in [1.807, 2.05) is 0 Å². The van der Waals surface area contributed by atoms with Crippen molar-refractivity contribution >= 4 is 54.5 Å². The van der Waals surface area contributed by atoms with Crippen LogP contribution < -0.4 is 4.90 Å². The highest BCUT2D eigenvalue weighted by Crippen LogP contribution is 2.65. The summed E-state index contributed by atoms with van der Waals surface area (Å²) < 4.78 is 0. The summed E-state index contributed by atoms with van der Waals surface area (Å²) in [4.78, 5) is 2.63. The second-order valence-corrected chi connectivity index (χ2v) is 16.8. The molecule has 0 aromatic heterocycles. The molecule has 1 saturated carbocycles. The Hall–Kier alpha value is -6.70. The van der Waals surface area contributed by atoms with Crippen molar-refractivity contribution in [1.29, 1.82) is 0 Å². The molecule has 0 spiro atoms. The van der Waals surface area contributed by atoms with Gasteiger partial charge in [0.2, 0.25) is 0 Å². The van der Waals surface area contributed by atoms with Crippen LogP contribution in [-0.2, 0) is 5.41 Å². The molecule has 0 N–H and O–H groups in total. The second kappa shape index (κ2) is 11.9. The second-order valence-electron chi connectivity index (χ2n) is 16.8. The molecule has 10 aromatic carbocycles. The monoisotopic (exact) mass is 727 g/mol. The molecule has 270 valence electrons. The molecule has 1 heteroatoms. The van der Waals surface area contributed by atoms with Crippen molar-refractivity contribution in [1.82, 2.24) is 0 Å². The number of hydrogen-bond acceptors (Lipinski definition) is 1. The molecule has 1 nitrogen and oxygen atoms in total. The molecular weight excluding hydrogens is 687 g/mol. The van der Waals surface area contributed by atoms with Crippen molar-refractivity contribution in [3.05, 3.63) is 194 Å². The van der Waals surface area contributed by atoms with Crippen LogP contribution in [0.25, 0.3) is 87.6 Å². The van der Waals surface area contributed by atoms with E-state index in [0.29, 0.717) is 0 Å². The van der Waals surface area contributed by atoms with E-state index >= 15 is 0 Å². The summed E-state index contributed by atoms with van der Waals surface area (Å²) in [6.45, 7) is 4.98. The fourth-order valence-corrected chi connectivity index (χ4v) is 10.9. The first-order valence-electron chi connectivity index (χ1n) is 20.4. The van der Waals surface area contributed by atoms with Gasteiger partial charge in [-0.15, -0.1) is 0 Å². The number of fused-ring (bicyclic) bond motifs is 4. The van der Waals surface area contributed by atoms with E-state index < -0.39 is 0 Å². The maximum atomic E-state index is 2.63. The SMILES string of the molecule is CC12CCC1(C)N(c1ccccc1)c1ccc(-c3cc(-c4ccccc4)c4ccc5c(-c6cccc7ccccc67)cc(-c6ccccc6)c6ccc3c4c65)cc12. The first-order valence-corrected chi connectivity index (χ1v) is 20.4. The Morgan fingerprint density at radius 1 is 0.386 bits per heavy atom. The minimum atomic E-state index is 0.0407. The van der Waals surface area contributed by atoms with Gasteiger partial charge >= 0.3 is 0 Å². The van der Waals surface area contributed by atoms with Crippen molar-refractivity contribution < 1.29 is 0 Å². The average molecular weight is 728 g/mol. The normalized spacial score (nSPS) is 18.7.